The van der Waals surface area contributed by atoms with E-state index in [1.165, 1.54) is 38.5 Å². The SMILES string of the molecule is C/C=C1/CC[C@H]2[C@@H]3CC=C4C[C@@H](O[Si](C)(C)C(C)(C)C)CC[C@]4(C)C3=CC[C@]12C. The van der Waals surface area contributed by atoms with Crippen molar-refractivity contribution in [3.63, 3.8) is 0 Å². The molecule has 0 aliphatic heterocycles. The zero-order chi connectivity index (χ0) is 21.2. The van der Waals surface area contributed by atoms with Crippen molar-refractivity contribution in [2.24, 2.45) is 22.7 Å². The van der Waals surface area contributed by atoms with Crippen LogP contribution in [-0.4, -0.2) is 14.4 Å². The lowest BCUT2D eigenvalue weighted by Crippen LogP contribution is -2.47. The van der Waals surface area contributed by atoms with Crippen molar-refractivity contribution >= 4 is 8.32 Å². The monoisotopic (exact) mass is 412 g/mol. The Balaban J connectivity index is 1.57. The molecule has 1 nitrogen and oxygen atoms in total. The van der Waals surface area contributed by atoms with Crippen LogP contribution in [-0.2, 0) is 4.43 Å². The fourth-order valence-corrected chi connectivity index (χ4v) is 8.34. The van der Waals surface area contributed by atoms with E-state index in [0.717, 1.165) is 18.3 Å². The van der Waals surface area contributed by atoms with Crippen LogP contribution in [0, 0.1) is 22.7 Å². The molecule has 0 bridgehead atoms. The quantitative estimate of drug-likeness (QED) is 0.328. The predicted molar refractivity (Wildman–Crippen MR) is 128 cm³/mol. The molecule has 162 valence electrons. The Hall–Kier alpha value is -0.603. The maximum atomic E-state index is 6.86. The average molecular weight is 413 g/mol. The van der Waals surface area contributed by atoms with Crippen LogP contribution in [0.2, 0.25) is 18.1 Å². The van der Waals surface area contributed by atoms with Gasteiger partial charge >= 0.3 is 0 Å². The highest BCUT2D eigenvalue weighted by atomic mass is 28.4. The summed E-state index contributed by atoms with van der Waals surface area (Å²) in [6.45, 7) is 19.3. The molecule has 2 fully saturated rings. The van der Waals surface area contributed by atoms with Crippen molar-refractivity contribution < 1.29 is 4.43 Å². The van der Waals surface area contributed by atoms with Gasteiger partial charge < -0.3 is 4.43 Å². The van der Waals surface area contributed by atoms with Gasteiger partial charge in [0.05, 0.1) is 0 Å². The molecule has 0 heterocycles. The largest absolute Gasteiger partial charge is 0.414 e. The normalized spacial score (nSPS) is 41.4. The summed E-state index contributed by atoms with van der Waals surface area (Å²) in [5.41, 5.74) is 5.95. The molecule has 0 aromatic rings. The second-order valence-electron chi connectivity index (χ2n) is 12.4. The summed E-state index contributed by atoms with van der Waals surface area (Å²) in [7, 11) is -1.70. The van der Waals surface area contributed by atoms with Crippen molar-refractivity contribution in [2.75, 3.05) is 0 Å². The van der Waals surface area contributed by atoms with Crippen molar-refractivity contribution in [2.45, 2.75) is 111 Å². The molecule has 0 amide bonds. The fourth-order valence-electron chi connectivity index (χ4n) is 6.96. The minimum Gasteiger partial charge on any atom is -0.414 e. The Morgan fingerprint density at radius 2 is 1.86 bits per heavy atom. The average Bonchev–Trinajstić information content (AvgIpc) is 2.97. The zero-order valence-corrected chi connectivity index (χ0v) is 21.3. The number of hydrogen-bond acceptors (Lipinski definition) is 1. The minimum atomic E-state index is -1.70. The molecule has 0 unspecified atom stereocenters. The summed E-state index contributed by atoms with van der Waals surface area (Å²) < 4.78 is 6.86. The molecule has 0 spiro atoms. The fraction of sp³-hybridized carbons (Fsp3) is 0.778. The molecule has 5 atom stereocenters. The third-order valence-electron chi connectivity index (χ3n) is 9.90. The molecule has 4 rings (SSSR count). The van der Waals surface area contributed by atoms with Gasteiger partial charge in [0, 0.05) is 11.5 Å². The molecular formula is C27H44OSi. The van der Waals surface area contributed by atoms with Gasteiger partial charge in [-0.05, 0) is 87.3 Å². The van der Waals surface area contributed by atoms with Crippen molar-refractivity contribution in [1.29, 1.82) is 0 Å². The van der Waals surface area contributed by atoms with Gasteiger partial charge in [0.25, 0.3) is 0 Å². The summed E-state index contributed by atoms with van der Waals surface area (Å²) in [5.74, 6) is 1.63. The first-order valence-electron chi connectivity index (χ1n) is 12.2. The van der Waals surface area contributed by atoms with Crippen LogP contribution in [0.5, 0.6) is 0 Å². The first kappa shape index (κ1) is 21.6. The van der Waals surface area contributed by atoms with Gasteiger partial charge in [0.1, 0.15) is 0 Å². The van der Waals surface area contributed by atoms with Crippen LogP contribution in [0.1, 0.15) is 86.5 Å². The van der Waals surface area contributed by atoms with Crippen LogP contribution in [0.15, 0.2) is 34.9 Å². The van der Waals surface area contributed by atoms with Gasteiger partial charge in [0.15, 0.2) is 8.32 Å². The van der Waals surface area contributed by atoms with E-state index in [1.807, 2.05) is 0 Å². The van der Waals surface area contributed by atoms with E-state index >= 15 is 0 Å². The molecule has 4 aliphatic rings. The first-order chi connectivity index (χ1) is 13.4. The van der Waals surface area contributed by atoms with Crippen LogP contribution < -0.4 is 0 Å². The summed E-state index contributed by atoms with van der Waals surface area (Å²) in [4.78, 5) is 0. The highest BCUT2D eigenvalue weighted by Crippen LogP contribution is 2.64. The molecule has 2 saturated carbocycles. The van der Waals surface area contributed by atoms with Crippen LogP contribution in [0.4, 0.5) is 0 Å². The van der Waals surface area contributed by atoms with E-state index in [0.29, 0.717) is 22.0 Å². The van der Waals surface area contributed by atoms with E-state index in [-0.39, 0.29) is 0 Å². The Morgan fingerprint density at radius 1 is 1.14 bits per heavy atom. The van der Waals surface area contributed by atoms with Gasteiger partial charge in [0.2, 0.25) is 0 Å². The molecule has 0 aromatic heterocycles. The van der Waals surface area contributed by atoms with Gasteiger partial charge in [-0.15, -0.1) is 0 Å². The minimum absolute atomic E-state index is 0.295. The number of allylic oxidation sites excluding steroid dienone is 5. The third kappa shape index (κ3) is 3.28. The van der Waals surface area contributed by atoms with E-state index in [2.05, 4.69) is 72.9 Å². The van der Waals surface area contributed by atoms with E-state index in [4.69, 9.17) is 4.43 Å². The maximum absolute atomic E-state index is 6.86. The predicted octanol–water partition coefficient (Wildman–Crippen LogP) is 8.21. The van der Waals surface area contributed by atoms with Crippen LogP contribution in [0.25, 0.3) is 0 Å². The molecule has 0 aromatic carbocycles. The number of hydrogen-bond donors (Lipinski definition) is 0. The summed E-state index contributed by atoms with van der Waals surface area (Å²) in [6.07, 6.45) is 17.1. The molecule has 0 saturated heterocycles. The summed E-state index contributed by atoms with van der Waals surface area (Å²) in [6, 6.07) is 0. The molecule has 4 aliphatic carbocycles. The first-order valence-corrected chi connectivity index (χ1v) is 15.1. The Kier molecular flexibility index (Phi) is 5.18. The second kappa shape index (κ2) is 6.95. The van der Waals surface area contributed by atoms with Gasteiger partial charge in [-0.3, -0.25) is 0 Å². The molecule has 2 heteroatoms. The van der Waals surface area contributed by atoms with E-state index in [9.17, 15) is 0 Å². The molecule has 0 N–H and O–H groups in total. The summed E-state index contributed by atoms with van der Waals surface area (Å²) in [5, 5.41) is 0.295. The van der Waals surface area contributed by atoms with Crippen molar-refractivity contribution in [1.82, 2.24) is 0 Å². The number of fused-ring (bicyclic) bond motifs is 5. The molecule has 29 heavy (non-hydrogen) atoms. The van der Waals surface area contributed by atoms with Crippen molar-refractivity contribution in [3.05, 3.63) is 34.9 Å². The zero-order valence-electron chi connectivity index (χ0n) is 20.3. The molecular weight excluding hydrogens is 368 g/mol. The van der Waals surface area contributed by atoms with Crippen LogP contribution in [0.3, 0.4) is 0 Å². The van der Waals surface area contributed by atoms with E-state index < -0.39 is 8.32 Å². The maximum Gasteiger partial charge on any atom is 0.192 e. The lowest BCUT2D eigenvalue weighted by Gasteiger charge is -2.53. The molecule has 0 radical (unpaired) electrons. The van der Waals surface area contributed by atoms with Gasteiger partial charge in [-0.25, -0.2) is 0 Å². The van der Waals surface area contributed by atoms with Crippen molar-refractivity contribution in [3.8, 4) is 0 Å². The Bertz CT molecular complexity index is 764. The third-order valence-corrected chi connectivity index (χ3v) is 14.4. The van der Waals surface area contributed by atoms with Gasteiger partial charge in [-0.1, -0.05) is 69.6 Å². The Labute approximate surface area is 181 Å². The lowest BCUT2D eigenvalue weighted by molar-refractivity contribution is 0.105. The Morgan fingerprint density at radius 3 is 2.52 bits per heavy atom. The van der Waals surface area contributed by atoms with Crippen LogP contribution >= 0.6 is 0 Å². The van der Waals surface area contributed by atoms with Gasteiger partial charge in [-0.2, -0.15) is 0 Å². The number of rotatable bonds is 2. The lowest BCUT2D eigenvalue weighted by atomic mass is 9.52. The smallest absolute Gasteiger partial charge is 0.192 e. The summed E-state index contributed by atoms with van der Waals surface area (Å²) >= 11 is 0. The highest BCUT2D eigenvalue weighted by molar-refractivity contribution is 6.74. The highest BCUT2D eigenvalue weighted by Gasteiger charge is 2.54. The standard InChI is InChI=1S/C27H44OSi/c1-9-19-11-13-23-22-12-10-20-18-21(28-29(7,8)25(2,3)4)14-16-27(20,6)24(22)15-17-26(19,23)5/h9-10,15,21-23H,11-14,16-18H2,1-8H3/b19-9-/t21-,22-,23-,26+,27-/m0/s1. The second-order valence-corrected chi connectivity index (χ2v) is 17.1. The van der Waals surface area contributed by atoms with E-state index in [1.54, 1.807) is 16.7 Å². The topological polar surface area (TPSA) is 9.23 Å².